The molecule has 1 fully saturated rings. The zero-order chi connectivity index (χ0) is 32.6. The number of nitrogens with zero attached hydrogens (tertiary/aromatic N) is 4. The third kappa shape index (κ3) is 8.99. The highest BCUT2D eigenvalue weighted by atomic mass is 16.6. The number of imidazole rings is 1. The Morgan fingerprint density at radius 2 is 1.87 bits per heavy atom. The highest BCUT2D eigenvalue weighted by Gasteiger charge is 2.48. The van der Waals surface area contributed by atoms with Gasteiger partial charge in [-0.1, -0.05) is 30.3 Å². The number of benzene rings is 1. The van der Waals surface area contributed by atoms with E-state index in [2.05, 4.69) is 25.6 Å². The Balaban J connectivity index is 1.35. The van der Waals surface area contributed by atoms with Crippen molar-refractivity contribution in [1.29, 1.82) is 0 Å². The van der Waals surface area contributed by atoms with Crippen molar-refractivity contribution < 1.29 is 43.5 Å². The van der Waals surface area contributed by atoms with Crippen LogP contribution in [0.15, 0.2) is 43.0 Å². The normalized spacial score (nSPS) is 20.4. The Kier molecular flexibility index (Phi) is 11.1. The maximum Gasteiger partial charge on any atom is 0.408 e. The molecule has 1 aliphatic heterocycles. The summed E-state index contributed by atoms with van der Waals surface area (Å²) in [5, 5.41) is 26.3. The van der Waals surface area contributed by atoms with Gasteiger partial charge in [-0.05, 0) is 45.6 Å². The zero-order valence-corrected chi connectivity index (χ0v) is 25.3. The van der Waals surface area contributed by atoms with Crippen LogP contribution in [0.4, 0.5) is 15.4 Å². The van der Waals surface area contributed by atoms with E-state index >= 15 is 0 Å². The fraction of sp³-hybridized carbons (Fsp3) is 0.517. The molecule has 45 heavy (non-hydrogen) atoms. The topological polar surface area (TPSA) is 222 Å². The lowest BCUT2D eigenvalue weighted by Gasteiger charge is -2.25. The smallest absolute Gasteiger partial charge is 0.408 e. The summed E-state index contributed by atoms with van der Waals surface area (Å²) in [7, 11) is 0. The van der Waals surface area contributed by atoms with E-state index < -0.39 is 60.9 Å². The van der Waals surface area contributed by atoms with Crippen LogP contribution in [0.1, 0.15) is 51.8 Å². The Labute approximate surface area is 259 Å². The van der Waals surface area contributed by atoms with Gasteiger partial charge in [0.2, 0.25) is 0 Å². The number of aliphatic hydroxyl groups excluding tert-OH is 2. The molecule has 16 heteroatoms. The zero-order valence-electron chi connectivity index (χ0n) is 25.3. The fourth-order valence-electron chi connectivity index (χ4n) is 4.65. The monoisotopic (exact) mass is 629 g/mol. The predicted molar refractivity (Wildman–Crippen MR) is 158 cm³/mol. The molecule has 1 aromatic carbocycles. The Hall–Kier alpha value is -4.54. The van der Waals surface area contributed by atoms with E-state index in [0.29, 0.717) is 12.8 Å². The predicted octanol–water partition coefficient (Wildman–Crippen LogP) is 1.56. The number of carbonyl (C=O) groups excluding carboxylic acids is 3. The van der Waals surface area contributed by atoms with Crippen LogP contribution in [0.5, 0.6) is 0 Å². The summed E-state index contributed by atoms with van der Waals surface area (Å²) in [4.78, 5) is 50.1. The number of ether oxygens (including phenoxy) is 4. The second-order valence-corrected chi connectivity index (χ2v) is 11.4. The maximum absolute atomic E-state index is 13.4. The van der Waals surface area contributed by atoms with Gasteiger partial charge in [0.05, 0.1) is 12.9 Å². The Bertz CT molecular complexity index is 1450. The lowest BCUT2D eigenvalue weighted by molar-refractivity contribution is -0.159. The van der Waals surface area contributed by atoms with Gasteiger partial charge in [0.15, 0.2) is 23.8 Å². The molecular weight excluding hydrogens is 590 g/mol. The fourth-order valence-corrected chi connectivity index (χ4v) is 4.65. The van der Waals surface area contributed by atoms with Crippen molar-refractivity contribution in [3.05, 3.63) is 48.5 Å². The Morgan fingerprint density at radius 1 is 1.11 bits per heavy atom. The molecule has 0 spiro atoms. The van der Waals surface area contributed by atoms with Crippen LogP contribution in [0, 0.1) is 0 Å². The number of aliphatic hydroxyl groups is 2. The van der Waals surface area contributed by atoms with Crippen molar-refractivity contribution in [3.63, 3.8) is 0 Å². The molecule has 1 saturated heterocycles. The number of amides is 2. The number of hydrogen-bond acceptors (Lipinski definition) is 13. The van der Waals surface area contributed by atoms with Gasteiger partial charge in [0, 0.05) is 6.54 Å². The van der Waals surface area contributed by atoms with Gasteiger partial charge in [-0.25, -0.2) is 29.3 Å². The number of fused-ring (bicyclic) bond motifs is 1. The van der Waals surface area contributed by atoms with E-state index in [9.17, 15) is 24.6 Å². The molecule has 2 amide bonds. The summed E-state index contributed by atoms with van der Waals surface area (Å²) < 4.78 is 23.4. The summed E-state index contributed by atoms with van der Waals surface area (Å²) in [5.74, 6) is -0.742. The minimum absolute atomic E-state index is 0.123. The number of carbonyl (C=O) groups is 3. The number of nitrogens with one attached hydrogen (secondary N) is 2. The van der Waals surface area contributed by atoms with Gasteiger partial charge < -0.3 is 45.5 Å². The van der Waals surface area contributed by atoms with Crippen LogP contribution in [-0.4, -0.2) is 91.0 Å². The first kappa shape index (κ1) is 33.4. The highest BCUT2D eigenvalue weighted by molar-refractivity contribution is 5.82. The van der Waals surface area contributed by atoms with Crippen molar-refractivity contribution >= 4 is 35.1 Å². The highest BCUT2D eigenvalue weighted by Crippen LogP contribution is 2.33. The average molecular weight is 630 g/mol. The van der Waals surface area contributed by atoms with Crippen LogP contribution >= 0.6 is 0 Å². The second kappa shape index (κ2) is 15.0. The number of aromatic nitrogens is 4. The third-order valence-corrected chi connectivity index (χ3v) is 6.78. The van der Waals surface area contributed by atoms with Crippen molar-refractivity contribution in [2.24, 2.45) is 0 Å². The van der Waals surface area contributed by atoms with Crippen LogP contribution < -0.4 is 16.4 Å². The molecule has 6 N–H and O–H groups in total. The number of rotatable bonds is 12. The molecule has 5 atom stereocenters. The van der Waals surface area contributed by atoms with Crippen molar-refractivity contribution in [3.8, 4) is 0 Å². The van der Waals surface area contributed by atoms with E-state index in [-0.39, 0.29) is 36.6 Å². The molecule has 0 bridgehead atoms. The summed E-state index contributed by atoms with van der Waals surface area (Å²) in [5.41, 5.74) is 6.45. The number of hydrogen-bond donors (Lipinski definition) is 5. The molecule has 4 rings (SSSR count). The van der Waals surface area contributed by atoms with Crippen molar-refractivity contribution in [1.82, 2.24) is 30.2 Å². The molecule has 0 saturated carbocycles. The molecule has 3 aromatic rings. The first-order valence-electron chi connectivity index (χ1n) is 14.5. The number of esters is 1. The molecule has 244 valence electrons. The largest absolute Gasteiger partial charge is 0.455 e. The number of alkyl carbamates (subject to hydrolysis) is 2. The van der Waals surface area contributed by atoms with E-state index in [0.717, 1.165) is 5.56 Å². The van der Waals surface area contributed by atoms with E-state index in [1.165, 1.54) is 17.2 Å². The standard InChI is InChI=1S/C29H39N7O9/c1-29(2,3)45-28(41)35-18(11-7-8-12-31-27(40)42-14-17-9-5-4-6-10-17)26(39)44-22-19(13-37)43-25(21(22)38)36-16-34-20-23(30)32-15-33-24(20)36/h4-6,9-10,15-16,18-19,21-22,25,37-38H,7-8,11-14H2,1-3H3,(H,31,40)(H,35,41)(H2,30,32,33)/t18-,19+,21+,22+,25+/m0/s1. The van der Waals surface area contributed by atoms with E-state index in [4.69, 9.17) is 24.7 Å². The lowest BCUT2D eigenvalue weighted by atomic mass is 10.1. The van der Waals surface area contributed by atoms with Crippen LogP contribution in [0.25, 0.3) is 11.2 Å². The minimum Gasteiger partial charge on any atom is -0.455 e. The first-order valence-corrected chi connectivity index (χ1v) is 14.5. The Morgan fingerprint density at radius 3 is 2.58 bits per heavy atom. The summed E-state index contributed by atoms with van der Waals surface area (Å²) >= 11 is 0. The third-order valence-electron chi connectivity index (χ3n) is 6.78. The second-order valence-electron chi connectivity index (χ2n) is 11.4. The van der Waals surface area contributed by atoms with Gasteiger partial charge in [0.25, 0.3) is 0 Å². The molecule has 0 radical (unpaired) electrons. The maximum atomic E-state index is 13.4. The average Bonchev–Trinajstić information content (AvgIpc) is 3.56. The van der Waals surface area contributed by atoms with Gasteiger partial charge >= 0.3 is 18.2 Å². The molecule has 3 heterocycles. The molecule has 0 aliphatic carbocycles. The quantitative estimate of drug-likeness (QED) is 0.109. The number of anilines is 1. The molecular formula is C29H39N7O9. The summed E-state index contributed by atoms with van der Waals surface area (Å²) in [6, 6.07) is 8.07. The number of nitrogen functional groups attached to an aromatic ring is 1. The number of unbranched alkanes of at least 4 members (excludes halogenated alkanes) is 1. The van der Waals surface area contributed by atoms with Gasteiger partial charge in [-0.3, -0.25) is 4.57 Å². The first-order chi connectivity index (χ1) is 21.5. The van der Waals surface area contributed by atoms with Crippen LogP contribution in [0.3, 0.4) is 0 Å². The van der Waals surface area contributed by atoms with Gasteiger partial charge in [-0.15, -0.1) is 0 Å². The van der Waals surface area contributed by atoms with Crippen molar-refractivity contribution in [2.45, 2.75) is 82.8 Å². The summed E-state index contributed by atoms with van der Waals surface area (Å²) in [6.07, 6.45) is -2.82. The van der Waals surface area contributed by atoms with Crippen LogP contribution in [-0.2, 0) is 30.3 Å². The SMILES string of the molecule is CC(C)(C)OC(=O)N[C@@H](CCCCNC(=O)OCc1ccccc1)C(=O)O[C@H]1[C@@H](O)[C@H](n2cnc3c(N)ncnc32)O[C@@H]1CO. The molecule has 2 aromatic heterocycles. The molecule has 16 nitrogen and oxygen atoms in total. The van der Waals surface area contributed by atoms with Gasteiger partial charge in [-0.2, -0.15) is 0 Å². The van der Waals surface area contributed by atoms with E-state index in [1.807, 2.05) is 30.3 Å². The van der Waals surface area contributed by atoms with Crippen molar-refractivity contribution in [2.75, 3.05) is 18.9 Å². The van der Waals surface area contributed by atoms with Gasteiger partial charge in [0.1, 0.15) is 42.3 Å². The summed E-state index contributed by atoms with van der Waals surface area (Å²) in [6.45, 7) is 4.85. The van der Waals surface area contributed by atoms with E-state index in [1.54, 1.807) is 20.8 Å². The molecule has 1 aliphatic rings. The van der Waals surface area contributed by atoms with Crippen LogP contribution in [0.2, 0.25) is 0 Å². The number of nitrogens with two attached hydrogens (primary N) is 1. The lowest BCUT2D eigenvalue weighted by Crippen LogP contribution is -2.47. The molecule has 0 unspecified atom stereocenters. The minimum atomic E-state index is -1.44.